The summed E-state index contributed by atoms with van der Waals surface area (Å²) in [4.78, 5) is 10.7. The Kier molecular flexibility index (Phi) is 3.93. The van der Waals surface area contributed by atoms with Crippen LogP contribution >= 0.6 is 0 Å². The van der Waals surface area contributed by atoms with Crippen LogP contribution in [0.1, 0.15) is 27.2 Å². The zero-order valence-corrected chi connectivity index (χ0v) is 6.35. The maximum absolute atomic E-state index is 10.7. The molecular weight excluding hydrogens is 117 g/mol. The van der Waals surface area contributed by atoms with Crippen molar-refractivity contribution in [1.29, 1.82) is 0 Å². The molecule has 9 heavy (non-hydrogen) atoms. The molecule has 0 aromatic rings. The lowest BCUT2D eigenvalue weighted by Crippen LogP contribution is -2.17. The van der Waals surface area contributed by atoms with Gasteiger partial charge in [-0.15, -0.1) is 0 Å². The van der Waals surface area contributed by atoms with Crippen molar-refractivity contribution < 1.29 is 9.37 Å². The van der Waals surface area contributed by atoms with Crippen molar-refractivity contribution >= 4 is 12.1 Å². The van der Waals surface area contributed by atoms with Crippen LogP contribution in [-0.4, -0.2) is 23.2 Å². The number of carbonyl (C=O) groups excluding carboxylic acids is 1. The summed E-state index contributed by atoms with van der Waals surface area (Å²) >= 11 is 0. The Morgan fingerprint density at radius 3 is 2.22 bits per heavy atom. The minimum absolute atomic E-state index is 0.124. The first-order valence-electron chi connectivity index (χ1n) is 3.32. The third-order valence-corrected chi connectivity index (χ3v) is 1.15. The molecule has 0 saturated heterocycles. The summed E-state index contributed by atoms with van der Waals surface area (Å²) in [7, 11) is 0. The molecule has 0 aromatic carbocycles. The van der Waals surface area contributed by atoms with Gasteiger partial charge in [0, 0.05) is 6.42 Å². The van der Waals surface area contributed by atoms with Gasteiger partial charge in [0.2, 0.25) is 0 Å². The van der Waals surface area contributed by atoms with E-state index in [1.807, 2.05) is 20.1 Å². The van der Waals surface area contributed by atoms with Crippen LogP contribution in [0.3, 0.4) is 0 Å². The molecule has 0 aromatic heterocycles. The fourth-order valence-corrected chi connectivity index (χ4v) is 0.701. The van der Waals surface area contributed by atoms with E-state index in [1.165, 1.54) is 0 Å². The number of nitrogens with zero attached hydrogens (tertiary/aromatic N) is 1. The summed E-state index contributed by atoms with van der Waals surface area (Å²) in [5.41, 5.74) is 0. The summed E-state index contributed by atoms with van der Waals surface area (Å²) in [5, 5.41) is 0. The molecule has 2 nitrogen and oxygen atoms in total. The first kappa shape index (κ1) is 8.34. The van der Waals surface area contributed by atoms with Crippen LogP contribution in [0.4, 0.5) is 0 Å². The highest BCUT2D eigenvalue weighted by atomic mass is 16.2. The molecule has 2 heteroatoms. The molecule has 0 unspecified atom stereocenters. The van der Waals surface area contributed by atoms with Gasteiger partial charge in [0.05, 0.1) is 6.92 Å². The first-order valence-corrected chi connectivity index (χ1v) is 3.32. The van der Waals surface area contributed by atoms with Crippen molar-refractivity contribution in [2.45, 2.75) is 27.2 Å². The second-order valence-corrected chi connectivity index (χ2v) is 1.90. The molecule has 0 bridgehead atoms. The number of hydrogen-bond donors (Lipinski definition) is 0. The van der Waals surface area contributed by atoms with Crippen LogP contribution < -0.4 is 0 Å². The average molecular weight is 131 g/mol. The van der Waals surface area contributed by atoms with Gasteiger partial charge in [0.25, 0.3) is 0 Å². The van der Waals surface area contributed by atoms with E-state index in [1.54, 1.807) is 11.5 Å². The van der Waals surface area contributed by atoms with Crippen molar-refractivity contribution in [3.05, 3.63) is 0 Å². The van der Waals surface area contributed by atoms with E-state index >= 15 is 0 Å². The van der Waals surface area contributed by atoms with Gasteiger partial charge in [-0.05, 0) is 6.92 Å². The molecule has 0 N–H and O–H groups in total. The fourth-order valence-electron chi connectivity index (χ4n) is 0.701. The molecule has 0 radical (unpaired) electrons. The molecule has 0 rings (SSSR count). The van der Waals surface area contributed by atoms with E-state index in [9.17, 15) is 4.79 Å². The Balaban J connectivity index is 3.98. The highest BCUT2D eigenvalue weighted by Gasteiger charge is 2.04. The average Bonchev–Trinajstić information content (AvgIpc) is 1.82. The van der Waals surface area contributed by atoms with Crippen molar-refractivity contribution in [1.82, 2.24) is 0 Å². The third-order valence-electron chi connectivity index (χ3n) is 1.15. The summed E-state index contributed by atoms with van der Waals surface area (Å²) in [5.74, 6) is 0.124. The smallest absolute Gasteiger partial charge is 0.220 e. The van der Waals surface area contributed by atoms with Crippen LogP contribution in [0.25, 0.3) is 0 Å². The summed E-state index contributed by atoms with van der Waals surface area (Å²) in [6, 6.07) is 0. The van der Waals surface area contributed by atoms with Gasteiger partial charge < -0.3 is 0 Å². The van der Waals surface area contributed by atoms with E-state index < -0.39 is 0 Å². The Bertz CT molecular complexity index is 127. The fraction of sp³-hybridized carbons (Fsp3) is 0.714. The van der Waals surface area contributed by atoms with E-state index in [-0.39, 0.29) is 5.91 Å². The lowest BCUT2D eigenvalue weighted by Gasteiger charge is -1.89. The topological polar surface area (TPSA) is 20.1 Å². The minimum atomic E-state index is 0.124. The SMILES string of the molecule is CC(=O)/[N+](=C/C[13CH3])[13CH2][13CH3]. The number of amides is 1. The highest BCUT2D eigenvalue weighted by molar-refractivity contribution is 5.69. The van der Waals surface area contributed by atoms with Gasteiger partial charge in [-0.2, -0.15) is 4.58 Å². The Hall–Kier alpha value is -0.660. The van der Waals surface area contributed by atoms with Crippen LogP contribution in [-0.2, 0) is 4.79 Å². The zero-order chi connectivity index (χ0) is 7.28. The Morgan fingerprint density at radius 1 is 1.56 bits per heavy atom. The maximum Gasteiger partial charge on any atom is 0.383 e. The molecular formula is C7H14NO+. The lowest BCUT2D eigenvalue weighted by atomic mass is 10.6. The minimum Gasteiger partial charge on any atom is -0.220 e. The van der Waals surface area contributed by atoms with Gasteiger partial charge >= 0.3 is 5.91 Å². The molecule has 0 aliphatic rings. The largest absolute Gasteiger partial charge is 0.383 e. The highest BCUT2D eigenvalue weighted by Crippen LogP contribution is 1.76. The van der Waals surface area contributed by atoms with Gasteiger partial charge in [-0.1, -0.05) is 6.92 Å². The van der Waals surface area contributed by atoms with Gasteiger partial charge in [-0.25, -0.2) is 4.79 Å². The molecule has 0 aliphatic heterocycles. The Morgan fingerprint density at radius 2 is 2.11 bits per heavy atom. The number of rotatable bonds is 2. The van der Waals surface area contributed by atoms with Crippen molar-refractivity contribution in [2.24, 2.45) is 0 Å². The van der Waals surface area contributed by atoms with E-state index in [2.05, 4.69) is 0 Å². The number of hydrogen-bond acceptors (Lipinski definition) is 1. The monoisotopic (exact) mass is 131 g/mol. The predicted octanol–water partition coefficient (Wildman–Crippen LogP) is 1.05. The second kappa shape index (κ2) is 4.24. The third kappa shape index (κ3) is 3.01. The molecule has 0 spiro atoms. The second-order valence-electron chi connectivity index (χ2n) is 1.90. The summed E-state index contributed by atoms with van der Waals surface area (Å²) in [6.45, 7) is 6.35. The van der Waals surface area contributed by atoms with E-state index in [4.69, 9.17) is 0 Å². The van der Waals surface area contributed by atoms with Crippen LogP contribution in [0.2, 0.25) is 0 Å². The van der Waals surface area contributed by atoms with Crippen LogP contribution in [0.15, 0.2) is 0 Å². The van der Waals surface area contributed by atoms with Crippen LogP contribution in [0.5, 0.6) is 0 Å². The molecule has 0 fully saturated rings. The molecule has 1 amide bonds. The molecule has 0 aliphatic carbocycles. The normalized spacial score (nSPS) is 11.7. The van der Waals surface area contributed by atoms with Gasteiger partial charge in [-0.3, -0.25) is 0 Å². The standard InChI is InChI=1S/C7H14NO/c1-4-6-8(5-2)7(3)9/h6H,4-5H2,1-3H3/q+1/b8-6+/i1+1,2+1,5+1. The van der Waals surface area contributed by atoms with E-state index in [0.29, 0.717) is 0 Å². The van der Waals surface area contributed by atoms with Crippen LogP contribution in [0, 0.1) is 0 Å². The first-order chi connectivity index (χ1) is 4.22. The Labute approximate surface area is 56.2 Å². The summed E-state index contributed by atoms with van der Waals surface area (Å²) < 4.78 is 1.71. The maximum atomic E-state index is 10.7. The predicted molar refractivity (Wildman–Crippen MR) is 37.8 cm³/mol. The molecule has 52 valence electrons. The summed E-state index contributed by atoms with van der Waals surface area (Å²) in [6.07, 6.45) is 2.83. The number of carbonyl (C=O) groups is 1. The van der Waals surface area contributed by atoms with Gasteiger partial charge in [0.1, 0.15) is 12.8 Å². The van der Waals surface area contributed by atoms with Crippen molar-refractivity contribution in [2.75, 3.05) is 6.54 Å². The lowest BCUT2D eigenvalue weighted by molar-refractivity contribution is -0.440. The molecule has 0 saturated carbocycles. The quantitative estimate of drug-likeness (QED) is 0.311. The molecule has 0 atom stereocenters. The zero-order valence-electron chi connectivity index (χ0n) is 6.35. The van der Waals surface area contributed by atoms with Gasteiger partial charge in [0.15, 0.2) is 0 Å². The van der Waals surface area contributed by atoms with Crippen molar-refractivity contribution in [3.8, 4) is 0 Å². The van der Waals surface area contributed by atoms with E-state index in [0.717, 1.165) is 13.0 Å². The van der Waals surface area contributed by atoms with Crippen molar-refractivity contribution in [3.63, 3.8) is 0 Å². The molecule has 0 heterocycles.